The predicted octanol–water partition coefficient (Wildman–Crippen LogP) is 3.71. The fraction of sp³-hybridized carbons (Fsp3) is 0.316. The van der Waals surface area contributed by atoms with Gasteiger partial charge in [-0.1, -0.05) is 18.2 Å². The van der Waals surface area contributed by atoms with Crippen molar-refractivity contribution in [2.24, 2.45) is 0 Å². The van der Waals surface area contributed by atoms with Gasteiger partial charge >= 0.3 is 0 Å². The number of methoxy groups -OCH3 is 1. The second kappa shape index (κ2) is 7.81. The molecule has 2 aromatic carbocycles. The van der Waals surface area contributed by atoms with E-state index in [9.17, 15) is 9.18 Å². The van der Waals surface area contributed by atoms with E-state index in [1.54, 1.807) is 19.1 Å². The quantitative estimate of drug-likeness (QED) is 0.878. The highest BCUT2D eigenvalue weighted by Gasteiger charge is 2.13. The van der Waals surface area contributed by atoms with Crippen molar-refractivity contribution in [3.05, 3.63) is 58.9 Å². The zero-order valence-corrected chi connectivity index (χ0v) is 14.4. The minimum absolute atomic E-state index is 0.0900. The molecule has 0 bridgehead atoms. The van der Waals surface area contributed by atoms with Crippen LogP contribution in [0.2, 0.25) is 0 Å². The van der Waals surface area contributed by atoms with Gasteiger partial charge in [0, 0.05) is 0 Å². The average Bonchev–Trinajstić information content (AvgIpc) is 2.55. The summed E-state index contributed by atoms with van der Waals surface area (Å²) in [5, 5.41) is 2.79. The van der Waals surface area contributed by atoms with Crippen LogP contribution in [0, 0.1) is 19.7 Å². The van der Waals surface area contributed by atoms with Gasteiger partial charge in [-0.3, -0.25) is 4.79 Å². The highest BCUT2D eigenvalue weighted by atomic mass is 19.1. The lowest BCUT2D eigenvalue weighted by molar-refractivity contribution is -0.123. The van der Waals surface area contributed by atoms with Crippen molar-refractivity contribution in [3.8, 4) is 11.5 Å². The lowest BCUT2D eigenvalue weighted by Crippen LogP contribution is -2.31. The molecule has 0 fully saturated rings. The van der Waals surface area contributed by atoms with Gasteiger partial charge in [-0.2, -0.15) is 0 Å². The molecule has 0 saturated heterocycles. The number of carbonyl (C=O) groups excluding carboxylic acids is 1. The maximum atomic E-state index is 13.7. The minimum atomic E-state index is -0.456. The monoisotopic (exact) mass is 331 g/mol. The Morgan fingerprint density at radius 2 is 1.92 bits per heavy atom. The van der Waals surface area contributed by atoms with Crippen LogP contribution in [0.1, 0.15) is 29.7 Å². The number of halogens is 1. The van der Waals surface area contributed by atoms with Crippen LogP contribution >= 0.6 is 0 Å². The molecule has 0 unspecified atom stereocenters. The van der Waals surface area contributed by atoms with Crippen molar-refractivity contribution in [1.29, 1.82) is 0 Å². The van der Waals surface area contributed by atoms with Crippen molar-refractivity contribution in [3.63, 3.8) is 0 Å². The molecule has 2 aromatic rings. The lowest BCUT2D eigenvalue weighted by atomic mass is 10.1. The fourth-order valence-corrected chi connectivity index (χ4v) is 2.32. The van der Waals surface area contributed by atoms with Gasteiger partial charge < -0.3 is 14.8 Å². The summed E-state index contributed by atoms with van der Waals surface area (Å²) in [7, 11) is 1.41. The van der Waals surface area contributed by atoms with E-state index in [0.717, 1.165) is 11.1 Å². The lowest BCUT2D eigenvalue weighted by Gasteiger charge is -2.16. The van der Waals surface area contributed by atoms with E-state index in [1.807, 2.05) is 32.0 Å². The molecular weight excluding hydrogens is 309 g/mol. The van der Waals surface area contributed by atoms with Crippen LogP contribution in [0.25, 0.3) is 0 Å². The third-order valence-corrected chi connectivity index (χ3v) is 3.76. The van der Waals surface area contributed by atoms with Crippen molar-refractivity contribution in [1.82, 2.24) is 5.32 Å². The van der Waals surface area contributed by atoms with Crippen LogP contribution in [-0.2, 0) is 4.79 Å². The van der Waals surface area contributed by atoms with E-state index in [2.05, 4.69) is 5.32 Å². The Balaban J connectivity index is 1.94. The summed E-state index contributed by atoms with van der Waals surface area (Å²) < 4.78 is 24.2. The Morgan fingerprint density at radius 1 is 1.17 bits per heavy atom. The van der Waals surface area contributed by atoms with Gasteiger partial charge in [0.1, 0.15) is 5.75 Å². The number of nitrogens with one attached hydrogen (secondary N) is 1. The van der Waals surface area contributed by atoms with Gasteiger partial charge in [-0.15, -0.1) is 0 Å². The Bertz CT molecular complexity index is 731. The zero-order valence-electron chi connectivity index (χ0n) is 14.4. The topological polar surface area (TPSA) is 47.6 Å². The molecule has 0 heterocycles. The maximum absolute atomic E-state index is 13.7. The van der Waals surface area contributed by atoms with Crippen LogP contribution < -0.4 is 14.8 Å². The number of benzene rings is 2. The first kappa shape index (κ1) is 17.8. The molecule has 0 aromatic heterocycles. The predicted molar refractivity (Wildman–Crippen MR) is 90.9 cm³/mol. The van der Waals surface area contributed by atoms with Crippen LogP contribution in [0.4, 0.5) is 4.39 Å². The molecule has 0 radical (unpaired) electrons. The Kier molecular flexibility index (Phi) is 5.79. The molecule has 2 rings (SSSR count). The number of hydrogen-bond acceptors (Lipinski definition) is 3. The van der Waals surface area contributed by atoms with E-state index >= 15 is 0 Å². The van der Waals surface area contributed by atoms with Crippen LogP contribution in [0.3, 0.4) is 0 Å². The Morgan fingerprint density at radius 3 is 2.58 bits per heavy atom. The van der Waals surface area contributed by atoms with Crippen molar-refractivity contribution in [2.45, 2.75) is 26.8 Å². The normalized spacial score (nSPS) is 11.7. The third kappa shape index (κ3) is 4.47. The van der Waals surface area contributed by atoms with E-state index in [0.29, 0.717) is 11.3 Å². The van der Waals surface area contributed by atoms with Crippen LogP contribution in [-0.4, -0.2) is 19.6 Å². The first-order valence-electron chi connectivity index (χ1n) is 7.73. The van der Waals surface area contributed by atoms with Crippen LogP contribution in [0.5, 0.6) is 11.5 Å². The highest BCUT2D eigenvalue weighted by molar-refractivity contribution is 5.78. The molecular formula is C19H22FNO3. The van der Waals surface area contributed by atoms with Gasteiger partial charge in [-0.05, 0) is 55.7 Å². The van der Waals surface area contributed by atoms with Gasteiger partial charge in [0.25, 0.3) is 5.91 Å². The fourth-order valence-electron chi connectivity index (χ4n) is 2.32. The standard InChI is InChI=1S/C19H22FNO3/c1-12-5-6-13(2)18(9-12)24-11-19(22)21-14(3)15-7-8-17(23-4)16(20)10-15/h5-10,14H,11H2,1-4H3,(H,21,22)/t14-/m1/s1. The zero-order chi connectivity index (χ0) is 17.7. The van der Waals surface area contributed by atoms with Gasteiger partial charge in [0.2, 0.25) is 0 Å². The molecule has 0 saturated carbocycles. The summed E-state index contributed by atoms with van der Waals surface area (Å²) in [6.45, 7) is 5.59. The Hall–Kier alpha value is -2.56. The first-order valence-corrected chi connectivity index (χ1v) is 7.73. The van der Waals surface area contributed by atoms with Gasteiger partial charge in [0.15, 0.2) is 18.2 Å². The molecule has 5 heteroatoms. The molecule has 1 amide bonds. The average molecular weight is 331 g/mol. The van der Waals surface area contributed by atoms with Crippen molar-refractivity contribution >= 4 is 5.91 Å². The summed E-state index contributed by atoms with van der Waals surface area (Å²) in [4.78, 5) is 12.0. The van der Waals surface area contributed by atoms with Crippen molar-refractivity contribution < 1.29 is 18.7 Å². The summed E-state index contributed by atoms with van der Waals surface area (Å²) in [6.07, 6.45) is 0. The van der Waals surface area contributed by atoms with E-state index in [4.69, 9.17) is 9.47 Å². The highest BCUT2D eigenvalue weighted by Crippen LogP contribution is 2.22. The smallest absolute Gasteiger partial charge is 0.258 e. The molecule has 1 atom stereocenters. The number of rotatable bonds is 6. The summed E-state index contributed by atoms with van der Waals surface area (Å²) >= 11 is 0. The van der Waals surface area contributed by atoms with Crippen molar-refractivity contribution in [2.75, 3.05) is 13.7 Å². The second-order valence-corrected chi connectivity index (χ2v) is 5.74. The summed E-state index contributed by atoms with van der Waals surface area (Å²) in [6, 6.07) is 10.1. The summed E-state index contributed by atoms with van der Waals surface area (Å²) in [5.41, 5.74) is 2.70. The first-order chi connectivity index (χ1) is 11.4. The molecule has 128 valence electrons. The molecule has 24 heavy (non-hydrogen) atoms. The largest absolute Gasteiger partial charge is 0.494 e. The second-order valence-electron chi connectivity index (χ2n) is 5.74. The molecule has 4 nitrogen and oxygen atoms in total. The van der Waals surface area contributed by atoms with E-state index in [1.165, 1.54) is 13.2 Å². The molecule has 0 spiro atoms. The minimum Gasteiger partial charge on any atom is -0.494 e. The SMILES string of the molecule is COc1ccc([C@@H](C)NC(=O)COc2cc(C)ccc2C)cc1F. The summed E-state index contributed by atoms with van der Waals surface area (Å²) in [5.74, 6) is 0.145. The molecule has 0 aliphatic carbocycles. The number of aryl methyl sites for hydroxylation is 2. The van der Waals surface area contributed by atoms with Gasteiger partial charge in [-0.25, -0.2) is 4.39 Å². The number of hydrogen-bond donors (Lipinski definition) is 1. The molecule has 0 aliphatic heterocycles. The van der Waals surface area contributed by atoms with E-state index in [-0.39, 0.29) is 24.3 Å². The van der Waals surface area contributed by atoms with Gasteiger partial charge in [0.05, 0.1) is 13.2 Å². The van der Waals surface area contributed by atoms with Crippen LogP contribution in [0.15, 0.2) is 36.4 Å². The number of ether oxygens (including phenoxy) is 2. The number of carbonyl (C=O) groups is 1. The Labute approximate surface area is 141 Å². The number of amides is 1. The maximum Gasteiger partial charge on any atom is 0.258 e. The van der Waals surface area contributed by atoms with E-state index < -0.39 is 5.82 Å². The molecule has 0 aliphatic rings. The molecule has 1 N–H and O–H groups in total. The third-order valence-electron chi connectivity index (χ3n) is 3.76.